The average molecular weight is 195 g/mol. The summed E-state index contributed by atoms with van der Waals surface area (Å²) in [5, 5.41) is 0. The number of ketones is 1. The van der Waals surface area contributed by atoms with Gasteiger partial charge in [0.1, 0.15) is 6.16 Å². The highest BCUT2D eigenvalue weighted by atomic mass is 31.2. The van der Waals surface area contributed by atoms with Gasteiger partial charge in [0.25, 0.3) is 7.72 Å². The number of carbonyl (C=O) groups excluding carboxylic acids is 1. The predicted molar refractivity (Wildman–Crippen MR) is 48.8 cm³/mol. The highest BCUT2D eigenvalue weighted by Crippen LogP contribution is 2.49. The summed E-state index contributed by atoms with van der Waals surface area (Å²) < 4.78 is 0. The lowest BCUT2D eigenvalue weighted by molar-refractivity contribution is -0.115. The van der Waals surface area contributed by atoms with Crippen LogP contribution in [0.15, 0.2) is 0 Å². The van der Waals surface area contributed by atoms with Gasteiger partial charge in [-0.1, -0.05) is 0 Å². The largest absolute Gasteiger partial charge is 0.330 e. The first kappa shape index (κ1) is 11.9. The van der Waals surface area contributed by atoms with Gasteiger partial charge in [0, 0.05) is 0 Å². The molecule has 0 aromatic heterocycles. The summed E-state index contributed by atoms with van der Waals surface area (Å²) in [6.45, 7) is 0.269. The second kappa shape index (κ2) is 5.56. The second-order valence-electron chi connectivity index (χ2n) is 2.65. The smallest absolute Gasteiger partial charge is 0.275 e. The molecular formula is C6H16N2O3P+. The molecule has 5 nitrogen and oxygen atoms in total. The average Bonchev–Trinajstić information content (AvgIpc) is 2.00. The zero-order chi connectivity index (χ0) is 9.61. The maximum atomic E-state index is 10.7. The minimum Gasteiger partial charge on any atom is -0.330 e. The Labute approximate surface area is 72.3 Å². The summed E-state index contributed by atoms with van der Waals surface area (Å²) in [6.07, 6.45) is 0.539. The molecule has 0 rings (SSSR count). The van der Waals surface area contributed by atoms with Gasteiger partial charge in [0.05, 0.1) is 6.54 Å². The lowest BCUT2D eigenvalue weighted by Gasteiger charge is -2.10. The van der Waals surface area contributed by atoms with Crippen molar-refractivity contribution in [2.45, 2.75) is 6.42 Å². The lowest BCUT2D eigenvalue weighted by Crippen LogP contribution is -2.20. The number of Topliss-reactive ketones (excluding diaryl/α,β-unsaturated/α-hetero) is 1. The van der Waals surface area contributed by atoms with E-state index in [9.17, 15) is 14.6 Å². The molecule has 6 heteroatoms. The first-order valence-electron chi connectivity index (χ1n) is 3.76. The van der Waals surface area contributed by atoms with E-state index in [1.165, 1.54) is 0 Å². The van der Waals surface area contributed by atoms with Gasteiger partial charge in [-0.05, 0) is 13.0 Å². The summed E-state index contributed by atoms with van der Waals surface area (Å²) in [5.41, 5.74) is 10.2. The topological polar surface area (TPSA) is 110 Å². The molecule has 0 saturated heterocycles. The van der Waals surface area contributed by atoms with Crippen LogP contribution in [0.5, 0.6) is 0 Å². The quantitative estimate of drug-likeness (QED) is 0.393. The van der Waals surface area contributed by atoms with Crippen LogP contribution in [0, 0.1) is 0 Å². The third-order valence-electron chi connectivity index (χ3n) is 1.38. The number of nitrogens with two attached hydrogens (primary N) is 2. The fourth-order valence-corrected chi connectivity index (χ4v) is 2.31. The van der Waals surface area contributed by atoms with Gasteiger partial charge < -0.3 is 11.5 Å². The molecule has 0 spiro atoms. The highest BCUT2D eigenvalue weighted by Gasteiger charge is 2.34. The van der Waals surface area contributed by atoms with Crippen molar-refractivity contribution in [3.05, 3.63) is 0 Å². The fraction of sp³-hybridized carbons (Fsp3) is 0.833. The van der Waals surface area contributed by atoms with E-state index in [2.05, 4.69) is 0 Å². The van der Waals surface area contributed by atoms with Gasteiger partial charge in [-0.25, -0.2) is 9.79 Å². The molecule has 0 saturated carbocycles. The molecule has 0 atom stereocenters. The lowest BCUT2D eigenvalue weighted by atomic mass is 10.5. The monoisotopic (exact) mass is 195 g/mol. The summed E-state index contributed by atoms with van der Waals surface area (Å²) >= 11 is 0. The van der Waals surface area contributed by atoms with Crippen molar-refractivity contribution in [1.29, 1.82) is 0 Å². The summed E-state index contributed by atoms with van der Waals surface area (Å²) in [5.74, 6) is -0.314. The Morgan fingerprint density at radius 2 is 1.92 bits per heavy atom. The molecule has 0 heterocycles. The molecule has 0 aliphatic heterocycles. The van der Waals surface area contributed by atoms with Gasteiger partial charge in [-0.3, -0.25) is 4.79 Å². The van der Waals surface area contributed by atoms with Crippen molar-refractivity contribution in [1.82, 2.24) is 0 Å². The normalized spacial score (nSPS) is 11.7. The van der Waals surface area contributed by atoms with Crippen molar-refractivity contribution >= 4 is 13.5 Å². The molecule has 0 amide bonds. The van der Waals surface area contributed by atoms with Gasteiger partial charge in [0.2, 0.25) is 0 Å². The Morgan fingerprint density at radius 3 is 2.33 bits per heavy atom. The van der Waals surface area contributed by atoms with E-state index in [-0.39, 0.29) is 24.7 Å². The minimum absolute atomic E-state index is 0.133. The van der Waals surface area contributed by atoms with Crippen LogP contribution >= 0.6 is 7.72 Å². The van der Waals surface area contributed by atoms with Gasteiger partial charge in [0.15, 0.2) is 11.9 Å². The van der Waals surface area contributed by atoms with E-state index < -0.39 is 7.72 Å². The van der Waals surface area contributed by atoms with Crippen molar-refractivity contribution in [2.75, 3.05) is 25.4 Å². The van der Waals surface area contributed by atoms with Gasteiger partial charge in [-0.2, -0.15) is 0 Å². The SMILES string of the molecule is NCCC[P+](O)(O)CC(=O)CN. The first-order valence-corrected chi connectivity index (χ1v) is 5.83. The third kappa shape index (κ3) is 5.57. The van der Waals surface area contributed by atoms with Crippen molar-refractivity contribution < 1.29 is 14.6 Å². The van der Waals surface area contributed by atoms with E-state index in [0.717, 1.165) is 0 Å². The molecule has 0 unspecified atom stereocenters. The first-order chi connectivity index (χ1) is 5.52. The third-order valence-corrected chi connectivity index (χ3v) is 3.27. The molecule has 72 valence electrons. The molecule has 0 aromatic carbocycles. The molecule has 0 aliphatic carbocycles. The zero-order valence-corrected chi connectivity index (χ0v) is 7.83. The fourth-order valence-electron chi connectivity index (χ4n) is 0.771. The standard InChI is InChI=1S/C6H16N2O3P/c7-2-1-3-12(10,11)5-6(9)4-8/h10-11H,1-5,7-8H2/q+1. The second-order valence-corrected chi connectivity index (χ2v) is 5.17. The Balaban J connectivity index is 3.77. The van der Waals surface area contributed by atoms with E-state index in [4.69, 9.17) is 11.5 Å². The molecule has 0 aliphatic rings. The summed E-state index contributed by atoms with van der Waals surface area (Å²) in [6, 6.07) is 0. The molecule has 0 fully saturated rings. The van der Waals surface area contributed by atoms with Crippen LogP contribution in [-0.2, 0) is 4.79 Å². The maximum Gasteiger partial charge on any atom is 0.275 e. The van der Waals surface area contributed by atoms with Gasteiger partial charge in [-0.15, -0.1) is 0 Å². The number of carbonyl (C=O) groups is 1. The zero-order valence-electron chi connectivity index (χ0n) is 6.94. The Bertz CT molecular complexity index is 152. The highest BCUT2D eigenvalue weighted by molar-refractivity contribution is 7.65. The van der Waals surface area contributed by atoms with E-state index >= 15 is 0 Å². The minimum atomic E-state index is -3.04. The summed E-state index contributed by atoms with van der Waals surface area (Å²) in [4.78, 5) is 29.3. The van der Waals surface area contributed by atoms with Crippen LogP contribution in [0.2, 0.25) is 0 Å². The van der Waals surface area contributed by atoms with Crippen LogP contribution in [0.4, 0.5) is 0 Å². The van der Waals surface area contributed by atoms with Gasteiger partial charge >= 0.3 is 0 Å². The molecule has 0 aromatic rings. The Hall–Kier alpha value is -0.0600. The molecular weight excluding hydrogens is 179 g/mol. The van der Waals surface area contributed by atoms with Crippen LogP contribution < -0.4 is 11.5 Å². The number of hydrogen-bond acceptors (Lipinski definition) is 5. The van der Waals surface area contributed by atoms with Crippen LogP contribution in [0.1, 0.15) is 6.42 Å². The van der Waals surface area contributed by atoms with E-state index in [1.54, 1.807) is 0 Å². The van der Waals surface area contributed by atoms with Crippen molar-refractivity contribution in [3.63, 3.8) is 0 Å². The van der Waals surface area contributed by atoms with E-state index in [0.29, 0.717) is 13.0 Å². The van der Waals surface area contributed by atoms with Crippen LogP contribution in [0.25, 0.3) is 0 Å². The summed E-state index contributed by atoms with van der Waals surface area (Å²) in [7, 11) is -3.04. The van der Waals surface area contributed by atoms with Crippen LogP contribution in [0.3, 0.4) is 0 Å². The maximum absolute atomic E-state index is 10.7. The molecule has 6 N–H and O–H groups in total. The number of hydrogen-bond donors (Lipinski definition) is 4. The molecule has 0 bridgehead atoms. The van der Waals surface area contributed by atoms with Crippen molar-refractivity contribution in [2.24, 2.45) is 11.5 Å². The van der Waals surface area contributed by atoms with Crippen molar-refractivity contribution in [3.8, 4) is 0 Å². The number of rotatable bonds is 6. The van der Waals surface area contributed by atoms with E-state index in [1.807, 2.05) is 0 Å². The molecule has 0 radical (unpaired) electrons. The Morgan fingerprint density at radius 1 is 1.33 bits per heavy atom. The van der Waals surface area contributed by atoms with Crippen LogP contribution in [-0.4, -0.2) is 41.0 Å². The Kier molecular flexibility index (Phi) is 5.53. The molecule has 12 heavy (non-hydrogen) atoms. The predicted octanol–water partition coefficient (Wildman–Crippen LogP) is -1.30.